The third kappa shape index (κ3) is 6.75. The zero-order valence-corrected chi connectivity index (χ0v) is 12.6. The van der Waals surface area contributed by atoms with Crippen LogP contribution in [0.1, 0.15) is 78.1 Å². The van der Waals surface area contributed by atoms with E-state index >= 15 is 0 Å². The summed E-state index contributed by atoms with van der Waals surface area (Å²) in [6, 6.07) is 1.47. The second-order valence-corrected chi connectivity index (χ2v) is 5.82. The number of unbranched alkanes of at least 4 members (excludes halogenated alkanes) is 4. The van der Waals surface area contributed by atoms with Gasteiger partial charge in [0.15, 0.2) is 0 Å². The number of hydrogen-bond donors (Lipinski definition) is 2. The molecular formula is C16H34N2. The van der Waals surface area contributed by atoms with Gasteiger partial charge in [-0.3, -0.25) is 0 Å². The van der Waals surface area contributed by atoms with Crippen molar-refractivity contribution in [2.75, 3.05) is 13.1 Å². The summed E-state index contributed by atoms with van der Waals surface area (Å²) in [5.41, 5.74) is 0. The first-order valence-electron chi connectivity index (χ1n) is 8.35. The molecule has 108 valence electrons. The zero-order chi connectivity index (χ0) is 13.1. The van der Waals surface area contributed by atoms with Gasteiger partial charge in [0.2, 0.25) is 0 Å². The average Bonchev–Trinajstić information content (AvgIpc) is 2.41. The maximum absolute atomic E-state index is 3.78. The molecule has 0 spiro atoms. The minimum absolute atomic E-state index is 0.734. The summed E-state index contributed by atoms with van der Waals surface area (Å²) in [6.07, 6.45) is 13.6. The van der Waals surface area contributed by atoms with Crippen molar-refractivity contribution in [1.82, 2.24) is 10.6 Å². The van der Waals surface area contributed by atoms with Crippen molar-refractivity contribution >= 4 is 0 Å². The number of nitrogens with one attached hydrogen (secondary N) is 2. The van der Waals surface area contributed by atoms with Gasteiger partial charge in [-0.1, -0.05) is 52.4 Å². The normalized spacial score (nSPS) is 24.3. The maximum Gasteiger partial charge on any atom is 0.0221 e. The van der Waals surface area contributed by atoms with E-state index < -0.39 is 0 Å². The Balaban J connectivity index is 2.15. The fourth-order valence-corrected chi connectivity index (χ4v) is 2.94. The molecule has 0 bridgehead atoms. The molecule has 2 unspecified atom stereocenters. The van der Waals surface area contributed by atoms with Gasteiger partial charge in [-0.2, -0.15) is 0 Å². The van der Waals surface area contributed by atoms with E-state index in [0.717, 1.165) is 12.1 Å². The van der Waals surface area contributed by atoms with Crippen LogP contribution >= 0.6 is 0 Å². The van der Waals surface area contributed by atoms with Crippen molar-refractivity contribution in [1.29, 1.82) is 0 Å². The highest BCUT2D eigenvalue weighted by Gasteiger charge is 2.23. The molecule has 0 saturated heterocycles. The molecule has 1 fully saturated rings. The largest absolute Gasteiger partial charge is 0.312 e. The molecule has 2 atom stereocenters. The summed E-state index contributed by atoms with van der Waals surface area (Å²) in [4.78, 5) is 0. The Bertz CT molecular complexity index is 162. The van der Waals surface area contributed by atoms with Gasteiger partial charge in [0.05, 0.1) is 0 Å². The van der Waals surface area contributed by atoms with Gasteiger partial charge >= 0.3 is 0 Å². The third-order valence-electron chi connectivity index (χ3n) is 4.14. The lowest BCUT2D eigenvalue weighted by Gasteiger charge is -2.33. The molecule has 0 radical (unpaired) electrons. The summed E-state index contributed by atoms with van der Waals surface area (Å²) in [5, 5.41) is 7.57. The lowest BCUT2D eigenvalue weighted by molar-refractivity contribution is 0.282. The van der Waals surface area contributed by atoms with Gasteiger partial charge in [0, 0.05) is 12.1 Å². The first kappa shape index (κ1) is 16.0. The van der Waals surface area contributed by atoms with Gasteiger partial charge in [0.25, 0.3) is 0 Å². The van der Waals surface area contributed by atoms with Crippen LogP contribution in [0.3, 0.4) is 0 Å². The molecule has 18 heavy (non-hydrogen) atoms. The van der Waals surface area contributed by atoms with Crippen LogP contribution in [0.4, 0.5) is 0 Å². The lowest BCUT2D eigenvalue weighted by Crippen LogP contribution is -2.50. The monoisotopic (exact) mass is 254 g/mol. The van der Waals surface area contributed by atoms with Gasteiger partial charge in [-0.25, -0.2) is 0 Å². The van der Waals surface area contributed by atoms with E-state index in [-0.39, 0.29) is 0 Å². The fraction of sp³-hybridized carbons (Fsp3) is 1.00. The Labute approximate surface area is 114 Å². The van der Waals surface area contributed by atoms with E-state index in [1.165, 1.54) is 77.3 Å². The van der Waals surface area contributed by atoms with Crippen LogP contribution in [0.5, 0.6) is 0 Å². The number of rotatable bonds is 10. The Kier molecular flexibility index (Phi) is 9.59. The molecule has 0 aromatic heterocycles. The Hall–Kier alpha value is -0.0800. The fourth-order valence-electron chi connectivity index (χ4n) is 2.94. The van der Waals surface area contributed by atoms with Crippen LogP contribution < -0.4 is 10.6 Å². The van der Waals surface area contributed by atoms with Crippen LogP contribution in [0.2, 0.25) is 0 Å². The molecular weight excluding hydrogens is 220 g/mol. The molecule has 0 amide bonds. The molecule has 2 heteroatoms. The van der Waals surface area contributed by atoms with Crippen molar-refractivity contribution in [3.63, 3.8) is 0 Å². The molecule has 0 aromatic carbocycles. The van der Waals surface area contributed by atoms with Crippen LogP contribution in [0.15, 0.2) is 0 Å². The van der Waals surface area contributed by atoms with E-state index in [9.17, 15) is 0 Å². The van der Waals surface area contributed by atoms with E-state index in [0.29, 0.717) is 0 Å². The minimum atomic E-state index is 0.734. The van der Waals surface area contributed by atoms with Crippen molar-refractivity contribution in [2.45, 2.75) is 90.1 Å². The lowest BCUT2D eigenvalue weighted by atomic mass is 9.90. The van der Waals surface area contributed by atoms with E-state index in [4.69, 9.17) is 0 Å². The topological polar surface area (TPSA) is 24.1 Å². The quantitative estimate of drug-likeness (QED) is 0.579. The summed E-state index contributed by atoms with van der Waals surface area (Å²) in [5.74, 6) is 0. The Morgan fingerprint density at radius 3 is 1.56 bits per heavy atom. The first-order chi connectivity index (χ1) is 8.88. The highest BCUT2D eigenvalue weighted by Crippen LogP contribution is 2.18. The van der Waals surface area contributed by atoms with Crippen molar-refractivity contribution in [3.05, 3.63) is 0 Å². The van der Waals surface area contributed by atoms with E-state index in [2.05, 4.69) is 24.5 Å². The summed E-state index contributed by atoms with van der Waals surface area (Å²) < 4.78 is 0. The van der Waals surface area contributed by atoms with Crippen molar-refractivity contribution in [2.24, 2.45) is 0 Å². The summed E-state index contributed by atoms with van der Waals surface area (Å²) in [6.45, 7) is 6.98. The minimum Gasteiger partial charge on any atom is -0.312 e. The van der Waals surface area contributed by atoms with Crippen LogP contribution in [-0.2, 0) is 0 Å². The Morgan fingerprint density at radius 2 is 1.17 bits per heavy atom. The highest BCUT2D eigenvalue weighted by molar-refractivity contribution is 4.86. The van der Waals surface area contributed by atoms with Crippen molar-refractivity contribution < 1.29 is 0 Å². The van der Waals surface area contributed by atoms with Gasteiger partial charge in [-0.15, -0.1) is 0 Å². The smallest absolute Gasteiger partial charge is 0.0221 e. The van der Waals surface area contributed by atoms with Crippen LogP contribution in [0.25, 0.3) is 0 Å². The maximum atomic E-state index is 3.78. The molecule has 2 nitrogen and oxygen atoms in total. The Morgan fingerprint density at radius 1 is 0.722 bits per heavy atom. The number of hydrogen-bond acceptors (Lipinski definition) is 2. The van der Waals surface area contributed by atoms with Gasteiger partial charge < -0.3 is 10.6 Å². The molecule has 1 saturated carbocycles. The average molecular weight is 254 g/mol. The van der Waals surface area contributed by atoms with E-state index in [1.54, 1.807) is 0 Å². The molecule has 0 aromatic rings. The zero-order valence-electron chi connectivity index (χ0n) is 12.6. The summed E-state index contributed by atoms with van der Waals surface area (Å²) in [7, 11) is 0. The molecule has 1 rings (SSSR count). The SMILES string of the molecule is CCCCCNC1CCCCC1NCCCCC. The predicted octanol–water partition coefficient (Wildman–Crippen LogP) is 3.86. The van der Waals surface area contributed by atoms with Crippen LogP contribution in [-0.4, -0.2) is 25.2 Å². The molecule has 0 heterocycles. The first-order valence-corrected chi connectivity index (χ1v) is 8.35. The van der Waals surface area contributed by atoms with E-state index in [1.807, 2.05) is 0 Å². The molecule has 0 aliphatic heterocycles. The molecule has 1 aliphatic rings. The molecule has 2 N–H and O–H groups in total. The highest BCUT2D eigenvalue weighted by atomic mass is 15.0. The van der Waals surface area contributed by atoms with Crippen molar-refractivity contribution in [3.8, 4) is 0 Å². The van der Waals surface area contributed by atoms with Gasteiger partial charge in [-0.05, 0) is 38.8 Å². The second kappa shape index (κ2) is 10.8. The second-order valence-electron chi connectivity index (χ2n) is 5.82. The standard InChI is InChI=1S/C16H34N2/c1-3-5-9-13-17-15-11-7-8-12-16(15)18-14-10-6-4-2/h15-18H,3-14H2,1-2H3. The molecule has 1 aliphatic carbocycles. The summed E-state index contributed by atoms with van der Waals surface area (Å²) >= 11 is 0. The third-order valence-corrected chi connectivity index (χ3v) is 4.14. The predicted molar refractivity (Wildman–Crippen MR) is 81.1 cm³/mol. The van der Waals surface area contributed by atoms with Crippen LogP contribution in [0, 0.1) is 0 Å². The van der Waals surface area contributed by atoms with Gasteiger partial charge in [0.1, 0.15) is 0 Å².